The SMILES string of the molecule is CC1CCC(OB(O)O)CC1. The lowest BCUT2D eigenvalue weighted by Gasteiger charge is -2.26. The molecule has 3 nitrogen and oxygen atoms in total. The predicted octanol–water partition coefficient (Wildman–Crippen LogP) is 0.551. The molecule has 0 aliphatic heterocycles. The minimum absolute atomic E-state index is 0.0613. The molecule has 0 bridgehead atoms. The van der Waals surface area contributed by atoms with Gasteiger partial charge in [0.1, 0.15) is 0 Å². The topological polar surface area (TPSA) is 49.7 Å². The highest BCUT2D eigenvalue weighted by Gasteiger charge is 2.22. The zero-order valence-corrected chi connectivity index (χ0v) is 6.86. The summed E-state index contributed by atoms with van der Waals surface area (Å²) in [6, 6.07) is 0. The molecule has 64 valence electrons. The first-order valence-corrected chi connectivity index (χ1v) is 4.20. The summed E-state index contributed by atoms with van der Waals surface area (Å²) in [5, 5.41) is 17.0. The third-order valence-electron chi connectivity index (χ3n) is 2.28. The van der Waals surface area contributed by atoms with E-state index >= 15 is 0 Å². The molecule has 0 aromatic heterocycles. The maximum absolute atomic E-state index is 8.50. The summed E-state index contributed by atoms with van der Waals surface area (Å²) in [5.41, 5.74) is 0. The summed E-state index contributed by atoms with van der Waals surface area (Å²) in [6.07, 6.45) is 4.25. The molecule has 0 aromatic carbocycles. The summed E-state index contributed by atoms with van der Waals surface area (Å²) in [4.78, 5) is 0. The fraction of sp³-hybridized carbons (Fsp3) is 1.00. The fourth-order valence-corrected chi connectivity index (χ4v) is 1.54. The largest absolute Gasteiger partial charge is 0.634 e. The van der Waals surface area contributed by atoms with E-state index in [0.29, 0.717) is 0 Å². The lowest BCUT2D eigenvalue weighted by atomic mass is 9.88. The van der Waals surface area contributed by atoms with E-state index in [9.17, 15) is 0 Å². The molecule has 4 heteroatoms. The molecule has 0 amide bonds. The van der Waals surface area contributed by atoms with Crippen LogP contribution in [0.25, 0.3) is 0 Å². The van der Waals surface area contributed by atoms with Gasteiger partial charge in [0.05, 0.1) is 0 Å². The Kier molecular flexibility index (Phi) is 3.36. The Hall–Kier alpha value is -0.0551. The number of hydrogen-bond donors (Lipinski definition) is 2. The number of rotatable bonds is 2. The van der Waals surface area contributed by atoms with E-state index in [1.54, 1.807) is 0 Å². The van der Waals surface area contributed by atoms with E-state index in [0.717, 1.165) is 31.6 Å². The van der Waals surface area contributed by atoms with E-state index < -0.39 is 7.32 Å². The van der Waals surface area contributed by atoms with Crippen LogP contribution in [-0.4, -0.2) is 23.5 Å². The van der Waals surface area contributed by atoms with Gasteiger partial charge < -0.3 is 14.7 Å². The number of hydrogen-bond acceptors (Lipinski definition) is 3. The lowest BCUT2D eigenvalue weighted by Crippen LogP contribution is -2.28. The summed E-state index contributed by atoms with van der Waals surface area (Å²) < 4.78 is 4.85. The van der Waals surface area contributed by atoms with Crippen LogP contribution in [0.1, 0.15) is 32.6 Å². The van der Waals surface area contributed by atoms with Crippen LogP contribution in [-0.2, 0) is 4.65 Å². The molecule has 0 aromatic rings. The smallest absolute Gasteiger partial charge is 0.402 e. The molecule has 1 rings (SSSR count). The highest BCUT2D eigenvalue weighted by atomic mass is 16.6. The predicted molar refractivity (Wildman–Crippen MR) is 42.7 cm³/mol. The summed E-state index contributed by atoms with van der Waals surface area (Å²) in [6.45, 7) is 2.21. The highest BCUT2D eigenvalue weighted by Crippen LogP contribution is 2.25. The van der Waals surface area contributed by atoms with Crippen molar-refractivity contribution in [1.82, 2.24) is 0 Å². The molecule has 0 heterocycles. The minimum Gasteiger partial charge on any atom is -0.402 e. The van der Waals surface area contributed by atoms with Gasteiger partial charge in [-0.25, -0.2) is 0 Å². The van der Waals surface area contributed by atoms with Gasteiger partial charge in [-0.1, -0.05) is 6.92 Å². The third-order valence-corrected chi connectivity index (χ3v) is 2.28. The monoisotopic (exact) mass is 158 g/mol. The van der Waals surface area contributed by atoms with Crippen LogP contribution in [0.5, 0.6) is 0 Å². The first-order valence-electron chi connectivity index (χ1n) is 4.20. The normalized spacial score (nSPS) is 31.9. The molecule has 0 radical (unpaired) electrons. The van der Waals surface area contributed by atoms with Gasteiger partial charge in [0.25, 0.3) is 0 Å². The Morgan fingerprint density at radius 3 is 2.18 bits per heavy atom. The van der Waals surface area contributed by atoms with Crippen LogP contribution in [0.15, 0.2) is 0 Å². The van der Waals surface area contributed by atoms with E-state index in [1.165, 1.54) is 0 Å². The standard InChI is InChI=1S/C7H15BO3/c1-6-2-4-7(5-3-6)11-8(9)10/h6-7,9-10H,2-5H2,1H3. The van der Waals surface area contributed by atoms with Crippen LogP contribution >= 0.6 is 0 Å². The zero-order chi connectivity index (χ0) is 8.27. The van der Waals surface area contributed by atoms with Gasteiger partial charge in [-0.05, 0) is 31.6 Å². The van der Waals surface area contributed by atoms with Crippen molar-refractivity contribution < 1.29 is 14.7 Å². The average Bonchev–Trinajstić information content (AvgIpc) is 1.93. The maximum atomic E-state index is 8.50. The lowest BCUT2D eigenvalue weighted by molar-refractivity contribution is 0.0788. The zero-order valence-electron chi connectivity index (χ0n) is 6.86. The summed E-state index contributed by atoms with van der Waals surface area (Å²) in [5.74, 6) is 0.769. The second-order valence-electron chi connectivity index (χ2n) is 3.34. The van der Waals surface area contributed by atoms with Crippen molar-refractivity contribution >= 4 is 7.32 Å². The van der Waals surface area contributed by atoms with Crippen molar-refractivity contribution in [2.45, 2.75) is 38.7 Å². The molecule has 0 spiro atoms. The Morgan fingerprint density at radius 2 is 1.73 bits per heavy atom. The van der Waals surface area contributed by atoms with Crippen molar-refractivity contribution in [2.24, 2.45) is 5.92 Å². The molecule has 1 saturated carbocycles. The molecular weight excluding hydrogens is 143 g/mol. The van der Waals surface area contributed by atoms with Crippen molar-refractivity contribution in [3.8, 4) is 0 Å². The van der Waals surface area contributed by atoms with Gasteiger partial charge in [-0.2, -0.15) is 0 Å². The Balaban J connectivity index is 2.17. The summed E-state index contributed by atoms with van der Waals surface area (Å²) in [7, 11) is -1.59. The molecule has 11 heavy (non-hydrogen) atoms. The van der Waals surface area contributed by atoms with Crippen LogP contribution < -0.4 is 0 Å². The molecule has 0 atom stereocenters. The van der Waals surface area contributed by atoms with Gasteiger partial charge in [-0.15, -0.1) is 0 Å². The summed E-state index contributed by atoms with van der Waals surface area (Å²) >= 11 is 0. The van der Waals surface area contributed by atoms with Gasteiger partial charge in [-0.3, -0.25) is 0 Å². The molecule has 2 N–H and O–H groups in total. The van der Waals surface area contributed by atoms with Crippen molar-refractivity contribution in [2.75, 3.05) is 0 Å². The van der Waals surface area contributed by atoms with Crippen LogP contribution in [0, 0.1) is 5.92 Å². The maximum Gasteiger partial charge on any atom is 0.634 e. The van der Waals surface area contributed by atoms with E-state index in [-0.39, 0.29) is 6.10 Å². The molecule has 1 aliphatic rings. The van der Waals surface area contributed by atoms with Gasteiger partial charge in [0.15, 0.2) is 0 Å². The van der Waals surface area contributed by atoms with Gasteiger partial charge in [0, 0.05) is 6.10 Å². The van der Waals surface area contributed by atoms with Crippen molar-refractivity contribution in [3.05, 3.63) is 0 Å². The quantitative estimate of drug-likeness (QED) is 0.577. The third kappa shape index (κ3) is 3.23. The van der Waals surface area contributed by atoms with Crippen LogP contribution in [0.4, 0.5) is 0 Å². The van der Waals surface area contributed by atoms with Crippen molar-refractivity contribution in [1.29, 1.82) is 0 Å². The molecule has 1 aliphatic carbocycles. The Morgan fingerprint density at radius 1 is 1.18 bits per heavy atom. The van der Waals surface area contributed by atoms with Crippen LogP contribution in [0.2, 0.25) is 0 Å². The van der Waals surface area contributed by atoms with E-state index in [1.807, 2.05) is 0 Å². The Bertz CT molecular complexity index is 110. The Labute approximate surface area is 67.6 Å². The highest BCUT2D eigenvalue weighted by molar-refractivity contribution is 6.32. The molecular formula is C7H15BO3. The molecule has 0 unspecified atom stereocenters. The average molecular weight is 158 g/mol. The fourth-order valence-electron chi connectivity index (χ4n) is 1.54. The van der Waals surface area contributed by atoms with E-state index in [2.05, 4.69) is 6.92 Å². The van der Waals surface area contributed by atoms with Crippen molar-refractivity contribution in [3.63, 3.8) is 0 Å². The first-order chi connectivity index (χ1) is 5.18. The second kappa shape index (κ2) is 4.09. The molecule has 0 saturated heterocycles. The molecule has 1 fully saturated rings. The first kappa shape index (κ1) is 9.04. The van der Waals surface area contributed by atoms with E-state index in [4.69, 9.17) is 14.7 Å². The second-order valence-corrected chi connectivity index (χ2v) is 3.34. The van der Waals surface area contributed by atoms with Gasteiger partial charge >= 0.3 is 7.32 Å². The van der Waals surface area contributed by atoms with Crippen LogP contribution in [0.3, 0.4) is 0 Å². The minimum atomic E-state index is -1.59. The van der Waals surface area contributed by atoms with Gasteiger partial charge in [0.2, 0.25) is 0 Å².